The molecule has 2 aromatic heterocycles. The number of nitrogens with one attached hydrogen (secondary N) is 2. The zero-order valence-electron chi connectivity index (χ0n) is 30.2. The number of aromatic nitrogens is 3. The van der Waals surface area contributed by atoms with Gasteiger partial charge in [-0.3, -0.25) is 9.56 Å². The van der Waals surface area contributed by atoms with Gasteiger partial charge in [0, 0.05) is 41.3 Å². The number of fused-ring (bicyclic) bond motifs is 1. The van der Waals surface area contributed by atoms with Crippen molar-refractivity contribution in [3.8, 4) is 5.69 Å². The number of nitrogens with two attached hydrogens (primary N) is 3. The average Bonchev–Trinajstić information content (AvgIpc) is 3.42. The van der Waals surface area contributed by atoms with Gasteiger partial charge in [-0.2, -0.15) is 4.98 Å². The molecule has 0 radical (unpaired) electrons. The van der Waals surface area contributed by atoms with Crippen LogP contribution in [0.4, 0.5) is 4.39 Å². The van der Waals surface area contributed by atoms with Crippen LogP contribution >= 0.6 is 0 Å². The molecular weight excluding hydrogens is 603 g/mol. The predicted octanol–water partition coefficient (Wildman–Crippen LogP) is 6.29. The van der Waals surface area contributed by atoms with Crippen LogP contribution in [0.25, 0.3) is 16.7 Å². The number of unbranched alkanes of at least 4 members (excludes halogenated alkanes) is 1. The Hall–Kier alpha value is -4.02. The summed E-state index contributed by atoms with van der Waals surface area (Å²) in [5.41, 5.74) is 22.6. The third-order valence-electron chi connectivity index (χ3n) is 8.22. The zero-order chi connectivity index (χ0) is 35.6. The lowest BCUT2D eigenvalue weighted by atomic mass is 9.83. The highest BCUT2D eigenvalue weighted by Gasteiger charge is 2.18. The molecule has 0 unspecified atom stereocenters. The Morgan fingerprint density at radius 3 is 2.33 bits per heavy atom. The fraction of sp³-hybridized carbons (Fsp3) is 0.500. The van der Waals surface area contributed by atoms with Gasteiger partial charge in [0.1, 0.15) is 11.5 Å². The molecule has 4 rings (SSSR count). The first-order chi connectivity index (χ1) is 22.5. The third-order valence-corrected chi connectivity index (χ3v) is 8.22. The van der Waals surface area contributed by atoms with Crippen molar-refractivity contribution in [2.24, 2.45) is 22.2 Å². The lowest BCUT2D eigenvalue weighted by molar-refractivity contribution is 0.574. The van der Waals surface area contributed by atoms with Crippen molar-refractivity contribution in [2.75, 3.05) is 19.6 Å². The average molecular weight is 661 g/mol. The van der Waals surface area contributed by atoms with Gasteiger partial charge in [0.15, 0.2) is 5.96 Å². The number of benzene rings is 2. The van der Waals surface area contributed by atoms with Crippen molar-refractivity contribution >= 4 is 17.0 Å². The number of halogens is 1. The molecule has 4 aromatic rings. The SMILES string of the molecule is CC(C)(C)c1cc2cn(-c3ccc(CNCCCN=C(N)N)c(F)c3)c(=O)nc2[nH]1.CC(C)c1cc(CCCCN)cc(C(C)(C)C)c1. The highest BCUT2D eigenvalue weighted by Crippen LogP contribution is 2.28. The summed E-state index contributed by atoms with van der Waals surface area (Å²) in [7, 11) is 0. The second kappa shape index (κ2) is 16.9. The molecule has 262 valence electrons. The molecule has 0 atom stereocenters. The minimum absolute atomic E-state index is 0.0637. The van der Waals surface area contributed by atoms with Crippen molar-refractivity contribution in [3.63, 3.8) is 0 Å². The summed E-state index contributed by atoms with van der Waals surface area (Å²) >= 11 is 0. The number of hydrogen-bond acceptors (Lipinski definition) is 5. The van der Waals surface area contributed by atoms with Crippen LogP contribution < -0.4 is 28.2 Å². The molecule has 0 bridgehead atoms. The largest absolute Gasteiger partial charge is 0.370 e. The topological polar surface area (TPSA) is 153 Å². The summed E-state index contributed by atoms with van der Waals surface area (Å²) in [5.74, 6) is 0.273. The maximum Gasteiger partial charge on any atom is 0.354 e. The van der Waals surface area contributed by atoms with E-state index in [-0.39, 0.29) is 22.6 Å². The van der Waals surface area contributed by atoms with Crippen molar-refractivity contribution in [1.82, 2.24) is 19.9 Å². The number of nitrogens with zero attached hydrogens (tertiary/aromatic N) is 3. The van der Waals surface area contributed by atoms with Gasteiger partial charge in [0.2, 0.25) is 0 Å². The summed E-state index contributed by atoms with van der Waals surface area (Å²) in [6, 6.07) is 13.8. The Kier molecular flexibility index (Phi) is 13.5. The Bertz CT molecular complexity index is 1720. The number of hydrogen-bond donors (Lipinski definition) is 5. The molecule has 9 nitrogen and oxygen atoms in total. The molecule has 2 heterocycles. The summed E-state index contributed by atoms with van der Waals surface area (Å²) < 4.78 is 15.9. The monoisotopic (exact) mass is 660 g/mol. The van der Waals surface area contributed by atoms with E-state index in [4.69, 9.17) is 17.2 Å². The number of aromatic amines is 1. The minimum atomic E-state index is -0.463. The van der Waals surface area contributed by atoms with Crippen molar-refractivity contribution < 1.29 is 4.39 Å². The van der Waals surface area contributed by atoms with E-state index in [0.717, 1.165) is 36.9 Å². The van der Waals surface area contributed by atoms with Crippen LogP contribution in [0.15, 0.2) is 58.4 Å². The highest BCUT2D eigenvalue weighted by molar-refractivity contribution is 5.76. The molecule has 0 amide bonds. The van der Waals surface area contributed by atoms with E-state index in [0.29, 0.717) is 42.5 Å². The van der Waals surface area contributed by atoms with Crippen LogP contribution in [0.3, 0.4) is 0 Å². The summed E-state index contributed by atoms with van der Waals surface area (Å²) in [4.78, 5) is 23.7. The molecular formula is C38H57FN8O. The molecule has 48 heavy (non-hydrogen) atoms. The van der Waals surface area contributed by atoms with Gasteiger partial charge < -0.3 is 27.5 Å². The van der Waals surface area contributed by atoms with Crippen molar-refractivity contribution in [2.45, 2.75) is 104 Å². The normalized spacial score (nSPS) is 11.9. The summed E-state index contributed by atoms with van der Waals surface area (Å²) in [6.45, 7) is 20.0. The molecule has 0 spiro atoms. The van der Waals surface area contributed by atoms with Gasteiger partial charge in [-0.15, -0.1) is 0 Å². The minimum Gasteiger partial charge on any atom is -0.370 e. The van der Waals surface area contributed by atoms with Gasteiger partial charge in [0.25, 0.3) is 0 Å². The molecule has 0 aliphatic rings. The maximum absolute atomic E-state index is 14.6. The number of rotatable bonds is 12. The molecule has 0 fully saturated rings. The number of aliphatic imine (C=N–C) groups is 1. The third kappa shape index (κ3) is 11.3. The fourth-order valence-electron chi connectivity index (χ4n) is 5.15. The molecule has 8 N–H and O–H groups in total. The Labute approximate surface area is 285 Å². The maximum atomic E-state index is 14.6. The smallest absolute Gasteiger partial charge is 0.354 e. The Morgan fingerprint density at radius 1 is 1.00 bits per heavy atom. The molecule has 2 aromatic carbocycles. The van der Waals surface area contributed by atoms with Crippen LogP contribution in [-0.4, -0.2) is 40.1 Å². The fourth-order valence-corrected chi connectivity index (χ4v) is 5.15. The van der Waals surface area contributed by atoms with Crippen LogP contribution in [0.2, 0.25) is 0 Å². The van der Waals surface area contributed by atoms with E-state index in [2.05, 4.69) is 93.9 Å². The first-order valence-corrected chi connectivity index (χ1v) is 17.0. The molecule has 0 saturated heterocycles. The lowest BCUT2D eigenvalue weighted by Crippen LogP contribution is -2.23. The van der Waals surface area contributed by atoms with Crippen LogP contribution in [0.1, 0.15) is 109 Å². The molecule has 10 heteroatoms. The van der Waals surface area contributed by atoms with E-state index in [9.17, 15) is 9.18 Å². The molecule has 0 aliphatic carbocycles. The summed E-state index contributed by atoms with van der Waals surface area (Å²) in [5, 5.41) is 3.95. The van der Waals surface area contributed by atoms with Crippen LogP contribution in [0.5, 0.6) is 0 Å². The van der Waals surface area contributed by atoms with E-state index in [1.54, 1.807) is 18.3 Å². The molecule has 0 aliphatic heterocycles. The van der Waals surface area contributed by atoms with Crippen molar-refractivity contribution in [1.29, 1.82) is 0 Å². The Balaban J connectivity index is 0.000000297. The highest BCUT2D eigenvalue weighted by atomic mass is 19.1. The van der Waals surface area contributed by atoms with Gasteiger partial charge in [-0.1, -0.05) is 79.7 Å². The van der Waals surface area contributed by atoms with Gasteiger partial charge >= 0.3 is 5.69 Å². The summed E-state index contributed by atoms with van der Waals surface area (Å²) in [6.07, 6.45) is 5.90. The number of aryl methyl sites for hydroxylation is 1. The van der Waals surface area contributed by atoms with Crippen LogP contribution in [0, 0.1) is 5.82 Å². The van der Waals surface area contributed by atoms with E-state index in [1.165, 1.54) is 33.7 Å². The standard InChI is InChI=1S/C21H28FN7O.C17H29N/c1-21(2,3)17-9-14-12-29(20(30)28-18(14)27-17)15-6-5-13(16(22)10-15)11-25-7-4-8-26-19(23)24;1-13(2)15-10-14(8-6-7-9-18)11-16(12-15)17(3,4)5/h5-6,9-10,12,25H,4,7-8,11H2,1-3H3,(H4,23,24,26)(H,27,28,30);10-13H,6-9,18H2,1-5H3. The van der Waals surface area contributed by atoms with E-state index < -0.39 is 5.69 Å². The molecule has 0 saturated carbocycles. The van der Waals surface area contributed by atoms with E-state index in [1.807, 2.05) is 6.07 Å². The quantitative estimate of drug-likeness (QED) is 0.0684. The van der Waals surface area contributed by atoms with Gasteiger partial charge in [-0.05, 0) is 85.0 Å². The van der Waals surface area contributed by atoms with Gasteiger partial charge in [0.05, 0.1) is 5.69 Å². The van der Waals surface area contributed by atoms with Gasteiger partial charge in [-0.25, -0.2) is 9.18 Å². The number of H-pyrrole nitrogens is 1. The Morgan fingerprint density at radius 2 is 1.73 bits per heavy atom. The van der Waals surface area contributed by atoms with Crippen molar-refractivity contribution in [3.05, 3.63) is 92.9 Å². The zero-order valence-corrected chi connectivity index (χ0v) is 30.2. The lowest BCUT2D eigenvalue weighted by Gasteiger charge is -2.22. The number of guanidine groups is 1. The first kappa shape index (κ1) is 38.4. The predicted molar refractivity (Wildman–Crippen MR) is 199 cm³/mol. The van der Waals surface area contributed by atoms with Crippen LogP contribution in [-0.2, 0) is 23.8 Å². The second-order valence-electron chi connectivity index (χ2n) is 14.9. The second-order valence-corrected chi connectivity index (χ2v) is 14.9. The first-order valence-electron chi connectivity index (χ1n) is 17.0. The van der Waals surface area contributed by atoms with E-state index >= 15 is 0 Å².